The molecular formula is C18H20ClNO2. The van der Waals surface area contributed by atoms with Crippen LogP contribution < -0.4 is 10.1 Å². The van der Waals surface area contributed by atoms with Gasteiger partial charge in [0, 0.05) is 10.7 Å². The summed E-state index contributed by atoms with van der Waals surface area (Å²) in [5, 5.41) is 3.60. The van der Waals surface area contributed by atoms with Gasteiger partial charge in [-0.15, -0.1) is 0 Å². The van der Waals surface area contributed by atoms with Crippen LogP contribution >= 0.6 is 11.6 Å². The van der Waals surface area contributed by atoms with Crippen LogP contribution in [0.1, 0.15) is 24.5 Å². The number of anilines is 1. The van der Waals surface area contributed by atoms with Gasteiger partial charge in [-0.25, -0.2) is 0 Å². The Morgan fingerprint density at radius 2 is 1.91 bits per heavy atom. The summed E-state index contributed by atoms with van der Waals surface area (Å²) in [7, 11) is 0. The van der Waals surface area contributed by atoms with Gasteiger partial charge < -0.3 is 10.1 Å². The van der Waals surface area contributed by atoms with Gasteiger partial charge in [0.25, 0.3) is 5.91 Å². The van der Waals surface area contributed by atoms with Gasteiger partial charge in [0.2, 0.25) is 0 Å². The van der Waals surface area contributed by atoms with Gasteiger partial charge in [0.1, 0.15) is 5.75 Å². The fraction of sp³-hybridized carbons (Fsp3) is 0.278. The minimum atomic E-state index is -0.541. The molecule has 116 valence electrons. The van der Waals surface area contributed by atoms with E-state index in [0.717, 1.165) is 16.8 Å². The second-order valence-electron chi connectivity index (χ2n) is 5.23. The summed E-state index contributed by atoms with van der Waals surface area (Å²) >= 11 is 6.00. The zero-order chi connectivity index (χ0) is 16.1. The molecular weight excluding hydrogens is 298 g/mol. The standard InChI is InChI=1S/C18H20ClNO2/c1-4-17(22-14-9-10-15(19)13(3)11-14)18(21)20-16-8-6-5-7-12(16)2/h5-11,17H,4H2,1-3H3,(H,20,21). The first kappa shape index (κ1) is 16.4. The number of aryl methyl sites for hydroxylation is 2. The third-order valence-corrected chi connectivity index (χ3v) is 3.90. The van der Waals surface area contributed by atoms with Gasteiger partial charge in [-0.3, -0.25) is 4.79 Å². The lowest BCUT2D eigenvalue weighted by Crippen LogP contribution is -2.32. The number of halogens is 1. The molecule has 3 nitrogen and oxygen atoms in total. The predicted octanol–water partition coefficient (Wildman–Crippen LogP) is 4.75. The molecule has 1 amide bonds. The van der Waals surface area contributed by atoms with Gasteiger partial charge in [-0.1, -0.05) is 36.7 Å². The summed E-state index contributed by atoms with van der Waals surface area (Å²) in [4.78, 5) is 12.4. The highest BCUT2D eigenvalue weighted by molar-refractivity contribution is 6.31. The number of benzene rings is 2. The summed E-state index contributed by atoms with van der Waals surface area (Å²) in [6, 6.07) is 13.1. The highest BCUT2D eigenvalue weighted by Gasteiger charge is 2.19. The Morgan fingerprint density at radius 3 is 2.55 bits per heavy atom. The molecule has 2 rings (SSSR count). The van der Waals surface area contributed by atoms with Crippen LogP contribution in [0.15, 0.2) is 42.5 Å². The minimum absolute atomic E-state index is 0.149. The van der Waals surface area contributed by atoms with Crippen LogP contribution in [-0.4, -0.2) is 12.0 Å². The third-order valence-electron chi connectivity index (χ3n) is 3.47. The van der Waals surface area contributed by atoms with Crippen molar-refractivity contribution in [2.45, 2.75) is 33.3 Å². The molecule has 0 aromatic heterocycles. The van der Waals surface area contributed by atoms with Crippen LogP contribution in [0.3, 0.4) is 0 Å². The molecule has 2 aromatic carbocycles. The number of hydrogen-bond acceptors (Lipinski definition) is 2. The Labute approximate surface area is 136 Å². The highest BCUT2D eigenvalue weighted by Crippen LogP contribution is 2.23. The van der Waals surface area contributed by atoms with Gasteiger partial charge in [0.05, 0.1) is 0 Å². The van der Waals surface area contributed by atoms with Crippen molar-refractivity contribution in [2.75, 3.05) is 5.32 Å². The number of carbonyl (C=O) groups excluding carboxylic acids is 1. The lowest BCUT2D eigenvalue weighted by atomic mass is 10.2. The van der Waals surface area contributed by atoms with Crippen LogP contribution in [0, 0.1) is 13.8 Å². The van der Waals surface area contributed by atoms with Crippen molar-refractivity contribution >= 4 is 23.2 Å². The Kier molecular flexibility index (Phi) is 5.45. The van der Waals surface area contributed by atoms with Gasteiger partial charge in [0.15, 0.2) is 6.10 Å². The normalized spacial score (nSPS) is 11.8. The van der Waals surface area contributed by atoms with Crippen molar-refractivity contribution in [1.29, 1.82) is 0 Å². The largest absolute Gasteiger partial charge is 0.481 e. The van der Waals surface area contributed by atoms with E-state index in [1.165, 1.54) is 0 Å². The lowest BCUT2D eigenvalue weighted by molar-refractivity contribution is -0.122. The molecule has 0 saturated heterocycles. The van der Waals surface area contributed by atoms with Crippen LogP contribution in [-0.2, 0) is 4.79 Å². The van der Waals surface area contributed by atoms with E-state index in [1.54, 1.807) is 12.1 Å². The molecule has 0 aliphatic heterocycles. The molecule has 0 bridgehead atoms. The number of carbonyl (C=O) groups is 1. The maximum absolute atomic E-state index is 12.4. The third kappa shape index (κ3) is 4.01. The van der Waals surface area contributed by atoms with Crippen LogP contribution in [0.25, 0.3) is 0 Å². The first-order chi connectivity index (χ1) is 10.5. The minimum Gasteiger partial charge on any atom is -0.481 e. The maximum atomic E-state index is 12.4. The van der Waals surface area contributed by atoms with E-state index in [9.17, 15) is 4.79 Å². The van der Waals surface area contributed by atoms with Gasteiger partial charge in [-0.05, 0) is 55.7 Å². The van der Waals surface area contributed by atoms with Crippen molar-refractivity contribution < 1.29 is 9.53 Å². The van der Waals surface area contributed by atoms with E-state index >= 15 is 0 Å². The van der Waals surface area contributed by atoms with Crippen molar-refractivity contribution in [2.24, 2.45) is 0 Å². The Hall–Kier alpha value is -2.00. The topological polar surface area (TPSA) is 38.3 Å². The smallest absolute Gasteiger partial charge is 0.265 e. The van der Waals surface area contributed by atoms with Crippen molar-refractivity contribution in [1.82, 2.24) is 0 Å². The van der Waals surface area contributed by atoms with Gasteiger partial charge >= 0.3 is 0 Å². The molecule has 0 heterocycles. The number of para-hydroxylation sites is 1. The summed E-state index contributed by atoms with van der Waals surface area (Å²) in [6.07, 6.45) is 0.0412. The highest BCUT2D eigenvalue weighted by atomic mass is 35.5. The molecule has 1 N–H and O–H groups in total. The van der Waals surface area contributed by atoms with Crippen molar-refractivity contribution in [3.63, 3.8) is 0 Å². The molecule has 1 atom stereocenters. The summed E-state index contributed by atoms with van der Waals surface area (Å²) in [5.41, 5.74) is 2.75. The number of hydrogen-bond donors (Lipinski definition) is 1. The number of amides is 1. The molecule has 2 aromatic rings. The summed E-state index contributed by atoms with van der Waals surface area (Å²) in [5.74, 6) is 0.498. The number of rotatable bonds is 5. The molecule has 22 heavy (non-hydrogen) atoms. The van der Waals surface area contributed by atoms with E-state index < -0.39 is 6.10 Å². The lowest BCUT2D eigenvalue weighted by Gasteiger charge is -2.18. The maximum Gasteiger partial charge on any atom is 0.265 e. The van der Waals surface area contributed by atoms with Crippen LogP contribution in [0.2, 0.25) is 5.02 Å². The van der Waals surface area contributed by atoms with Crippen molar-refractivity contribution in [3.8, 4) is 5.75 Å². The number of ether oxygens (including phenoxy) is 1. The zero-order valence-corrected chi connectivity index (χ0v) is 13.8. The Bertz CT molecular complexity index is 670. The molecule has 4 heteroatoms. The Balaban J connectivity index is 2.09. The van der Waals surface area contributed by atoms with E-state index in [4.69, 9.17) is 16.3 Å². The second kappa shape index (κ2) is 7.32. The van der Waals surface area contributed by atoms with Crippen LogP contribution in [0.5, 0.6) is 5.75 Å². The fourth-order valence-electron chi connectivity index (χ4n) is 2.10. The van der Waals surface area contributed by atoms with Crippen LogP contribution in [0.4, 0.5) is 5.69 Å². The van der Waals surface area contributed by atoms with Gasteiger partial charge in [-0.2, -0.15) is 0 Å². The fourth-order valence-corrected chi connectivity index (χ4v) is 2.22. The average Bonchev–Trinajstić information content (AvgIpc) is 2.50. The van der Waals surface area contributed by atoms with E-state index in [-0.39, 0.29) is 5.91 Å². The average molecular weight is 318 g/mol. The summed E-state index contributed by atoms with van der Waals surface area (Å²) < 4.78 is 5.80. The molecule has 0 fully saturated rings. The quantitative estimate of drug-likeness (QED) is 0.864. The second-order valence-corrected chi connectivity index (χ2v) is 5.64. The van der Waals surface area contributed by atoms with Crippen molar-refractivity contribution in [3.05, 3.63) is 58.6 Å². The molecule has 0 saturated carbocycles. The molecule has 0 aliphatic rings. The SMILES string of the molecule is CCC(Oc1ccc(Cl)c(C)c1)C(=O)Nc1ccccc1C. The molecule has 0 spiro atoms. The van der Waals surface area contributed by atoms with E-state index in [1.807, 2.05) is 51.1 Å². The van der Waals surface area contributed by atoms with E-state index in [0.29, 0.717) is 17.2 Å². The monoisotopic (exact) mass is 317 g/mol. The van der Waals surface area contributed by atoms with E-state index in [2.05, 4.69) is 5.32 Å². The first-order valence-electron chi connectivity index (χ1n) is 7.30. The molecule has 1 unspecified atom stereocenters. The Morgan fingerprint density at radius 1 is 1.18 bits per heavy atom. The molecule has 0 aliphatic carbocycles. The number of nitrogens with one attached hydrogen (secondary N) is 1. The zero-order valence-electron chi connectivity index (χ0n) is 13.0. The first-order valence-corrected chi connectivity index (χ1v) is 7.68. The summed E-state index contributed by atoms with van der Waals surface area (Å²) in [6.45, 7) is 5.79. The predicted molar refractivity (Wildman–Crippen MR) is 90.7 cm³/mol. The molecule has 0 radical (unpaired) electrons.